The molecule has 1 fully saturated rings. The van der Waals surface area contributed by atoms with Crippen LogP contribution in [0.25, 0.3) is 0 Å². The van der Waals surface area contributed by atoms with Crippen LogP contribution in [0, 0.1) is 0 Å². The zero-order chi connectivity index (χ0) is 19.2. The van der Waals surface area contributed by atoms with Crippen molar-refractivity contribution in [1.29, 1.82) is 0 Å². The number of benzene rings is 1. The number of carbonyl (C=O) groups excluding carboxylic acids is 1. The Balaban J connectivity index is 1.59. The van der Waals surface area contributed by atoms with Crippen molar-refractivity contribution in [3.8, 4) is 5.75 Å². The van der Waals surface area contributed by atoms with Crippen molar-refractivity contribution in [3.05, 3.63) is 42.2 Å². The summed E-state index contributed by atoms with van der Waals surface area (Å²) in [6.45, 7) is 8.79. The van der Waals surface area contributed by atoms with Gasteiger partial charge in [0.15, 0.2) is 0 Å². The molecular weight excluding hydrogens is 342 g/mol. The summed E-state index contributed by atoms with van der Waals surface area (Å²) in [6.07, 6.45) is 3.28. The normalized spacial score (nSPS) is 14.2. The minimum absolute atomic E-state index is 0.00419. The van der Waals surface area contributed by atoms with Gasteiger partial charge in [0.1, 0.15) is 5.75 Å². The van der Waals surface area contributed by atoms with Gasteiger partial charge in [0.2, 0.25) is 5.95 Å². The van der Waals surface area contributed by atoms with E-state index in [1.807, 2.05) is 17.0 Å². The Bertz CT molecular complexity index is 736. The number of methoxy groups -OCH3 is 1. The van der Waals surface area contributed by atoms with Crippen molar-refractivity contribution >= 4 is 17.5 Å². The molecule has 0 N–H and O–H groups in total. The summed E-state index contributed by atoms with van der Waals surface area (Å²) in [5.74, 6) is 1.51. The number of anilines is 2. The highest BCUT2D eigenvalue weighted by Gasteiger charge is 2.23. The quantitative estimate of drug-likeness (QED) is 0.779. The third kappa shape index (κ3) is 4.30. The van der Waals surface area contributed by atoms with Crippen LogP contribution >= 0.6 is 0 Å². The molecule has 144 valence electrons. The second-order valence-electron chi connectivity index (χ2n) is 6.42. The number of nitrogens with zero attached hydrogens (tertiary/aromatic N) is 5. The van der Waals surface area contributed by atoms with Crippen LogP contribution < -0.4 is 14.5 Å². The molecule has 2 aromatic rings. The Morgan fingerprint density at radius 1 is 1.04 bits per heavy atom. The van der Waals surface area contributed by atoms with Crippen LogP contribution in [-0.4, -0.2) is 67.2 Å². The van der Waals surface area contributed by atoms with Gasteiger partial charge in [-0.15, -0.1) is 0 Å². The number of hydrogen-bond donors (Lipinski definition) is 0. The SMILES string of the molecule is CCN(CC)c1ncc(C(=O)N2CCN(c3ccc(OC)cc3)CC2)cn1. The molecule has 0 bridgehead atoms. The van der Waals surface area contributed by atoms with Gasteiger partial charge in [-0.05, 0) is 38.1 Å². The average molecular weight is 369 g/mol. The molecule has 1 aliphatic rings. The molecule has 0 aliphatic carbocycles. The molecule has 7 nitrogen and oxygen atoms in total. The van der Waals surface area contributed by atoms with E-state index in [1.165, 1.54) is 0 Å². The van der Waals surface area contributed by atoms with Gasteiger partial charge in [-0.3, -0.25) is 4.79 Å². The van der Waals surface area contributed by atoms with Gasteiger partial charge >= 0.3 is 0 Å². The molecule has 0 atom stereocenters. The van der Waals surface area contributed by atoms with Crippen LogP contribution in [-0.2, 0) is 0 Å². The highest BCUT2D eigenvalue weighted by atomic mass is 16.5. The van der Waals surface area contributed by atoms with Crippen molar-refractivity contribution in [2.75, 3.05) is 56.2 Å². The number of ether oxygens (including phenoxy) is 1. The van der Waals surface area contributed by atoms with Crippen LogP contribution in [0.4, 0.5) is 11.6 Å². The molecular formula is C20H27N5O2. The molecule has 27 heavy (non-hydrogen) atoms. The van der Waals surface area contributed by atoms with Gasteiger partial charge in [0.25, 0.3) is 5.91 Å². The van der Waals surface area contributed by atoms with Crippen LogP contribution in [0.15, 0.2) is 36.7 Å². The maximum absolute atomic E-state index is 12.7. The van der Waals surface area contributed by atoms with Crippen molar-refractivity contribution in [2.24, 2.45) is 0 Å². The summed E-state index contributed by atoms with van der Waals surface area (Å²) >= 11 is 0. The fourth-order valence-corrected chi connectivity index (χ4v) is 3.24. The first-order chi connectivity index (χ1) is 13.2. The molecule has 1 aliphatic heterocycles. The number of amides is 1. The van der Waals surface area contributed by atoms with E-state index in [2.05, 4.69) is 45.7 Å². The lowest BCUT2D eigenvalue weighted by molar-refractivity contribution is 0.0746. The number of carbonyl (C=O) groups is 1. The van der Waals surface area contributed by atoms with E-state index in [0.717, 1.165) is 37.6 Å². The number of hydrogen-bond acceptors (Lipinski definition) is 6. The smallest absolute Gasteiger partial charge is 0.257 e. The first-order valence-corrected chi connectivity index (χ1v) is 9.41. The van der Waals surface area contributed by atoms with Gasteiger partial charge in [-0.1, -0.05) is 0 Å². The van der Waals surface area contributed by atoms with E-state index in [4.69, 9.17) is 4.74 Å². The summed E-state index contributed by atoms with van der Waals surface area (Å²) < 4.78 is 5.21. The maximum Gasteiger partial charge on any atom is 0.257 e. The fourth-order valence-electron chi connectivity index (χ4n) is 3.24. The van der Waals surface area contributed by atoms with Gasteiger partial charge in [-0.25, -0.2) is 9.97 Å². The van der Waals surface area contributed by atoms with Gasteiger partial charge in [0, 0.05) is 57.3 Å². The van der Waals surface area contributed by atoms with E-state index < -0.39 is 0 Å². The molecule has 0 radical (unpaired) electrons. The monoisotopic (exact) mass is 369 g/mol. The van der Waals surface area contributed by atoms with E-state index in [1.54, 1.807) is 19.5 Å². The molecule has 3 rings (SSSR count). The van der Waals surface area contributed by atoms with Crippen molar-refractivity contribution in [2.45, 2.75) is 13.8 Å². The fraction of sp³-hybridized carbons (Fsp3) is 0.450. The Hall–Kier alpha value is -2.83. The first kappa shape index (κ1) is 18.9. The highest BCUT2D eigenvalue weighted by molar-refractivity contribution is 5.93. The van der Waals surface area contributed by atoms with Gasteiger partial charge in [0.05, 0.1) is 12.7 Å². The lowest BCUT2D eigenvalue weighted by Crippen LogP contribution is -2.48. The topological polar surface area (TPSA) is 61.8 Å². The lowest BCUT2D eigenvalue weighted by Gasteiger charge is -2.36. The largest absolute Gasteiger partial charge is 0.497 e. The zero-order valence-electron chi connectivity index (χ0n) is 16.3. The average Bonchev–Trinajstić information content (AvgIpc) is 2.75. The van der Waals surface area contributed by atoms with Crippen molar-refractivity contribution in [1.82, 2.24) is 14.9 Å². The van der Waals surface area contributed by atoms with Crippen molar-refractivity contribution in [3.63, 3.8) is 0 Å². The summed E-state index contributed by atoms with van der Waals surface area (Å²) in [5, 5.41) is 0. The molecule has 1 saturated heterocycles. The predicted molar refractivity (Wildman–Crippen MR) is 107 cm³/mol. The molecule has 1 aromatic carbocycles. The van der Waals surface area contributed by atoms with Gasteiger partial charge in [-0.2, -0.15) is 0 Å². The standard InChI is InChI=1S/C20H27N5O2/c1-4-23(5-2)20-21-14-16(15-22-20)19(26)25-12-10-24(11-13-25)17-6-8-18(27-3)9-7-17/h6-9,14-15H,4-5,10-13H2,1-3H3. The summed E-state index contributed by atoms with van der Waals surface area (Å²) in [5.41, 5.74) is 1.69. The minimum Gasteiger partial charge on any atom is -0.497 e. The molecule has 0 spiro atoms. The number of rotatable bonds is 6. The summed E-state index contributed by atoms with van der Waals surface area (Å²) in [7, 11) is 1.66. The van der Waals surface area contributed by atoms with E-state index >= 15 is 0 Å². The molecule has 1 aromatic heterocycles. The first-order valence-electron chi connectivity index (χ1n) is 9.41. The van der Waals surface area contributed by atoms with E-state index in [-0.39, 0.29) is 5.91 Å². The van der Waals surface area contributed by atoms with Crippen LogP contribution in [0.3, 0.4) is 0 Å². The predicted octanol–water partition coefficient (Wildman–Crippen LogP) is 2.29. The maximum atomic E-state index is 12.7. The number of aromatic nitrogens is 2. The molecule has 0 saturated carbocycles. The molecule has 0 unspecified atom stereocenters. The Kier molecular flexibility index (Phi) is 6.11. The highest BCUT2D eigenvalue weighted by Crippen LogP contribution is 2.21. The second kappa shape index (κ2) is 8.70. The minimum atomic E-state index is -0.00419. The third-order valence-electron chi connectivity index (χ3n) is 4.94. The summed E-state index contributed by atoms with van der Waals surface area (Å²) in [4.78, 5) is 27.7. The Morgan fingerprint density at radius 3 is 2.15 bits per heavy atom. The van der Waals surface area contributed by atoms with Gasteiger partial charge < -0.3 is 19.4 Å². The zero-order valence-corrected chi connectivity index (χ0v) is 16.3. The molecule has 7 heteroatoms. The van der Waals surface area contributed by atoms with Crippen LogP contribution in [0.2, 0.25) is 0 Å². The second-order valence-corrected chi connectivity index (χ2v) is 6.42. The number of piperazine rings is 1. The van der Waals surface area contributed by atoms with Crippen molar-refractivity contribution < 1.29 is 9.53 Å². The van der Waals surface area contributed by atoms with Crippen LogP contribution in [0.1, 0.15) is 24.2 Å². The van der Waals surface area contributed by atoms with Crippen LogP contribution in [0.5, 0.6) is 5.75 Å². The molecule has 1 amide bonds. The molecule has 2 heterocycles. The van der Waals surface area contributed by atoms with E-state index in [9.17, 15) is 4.79 Å². The third-order valence-corrected chi connectivity index (χ3v) is 4.94. The lowest BCUT2D eigenvalue weighted by atomic mass is 10.2. The summed E-state index contributed by atoms with van der Waals surface area (Å²) in [6, 6.07) is 8.02. The Morgan fingerprint density at radius 2 is 1.63 bits per heavy atom. The Labute approximate surface area is 160 Å². The van der Waals surface area contributed by atoms with E-state index in [0.29, 0.717) is 24.6 Å².